The van der Waals surface area contributed by atoms with Crippen LogP contribution in [0.25, 0.3) is 0 Å². The highest BCUT2D eigenvalue weighted by molar-refractivity contribution is 7.98. The fourth-order valence-corrected chi connectivity index (χ4v) is 4.08. The van der Waals surface area contributed by atoms with Gasteiger partial charge in [0.1, 0.15) is 0 Å². The van der Waals surface area contributed by atoms with Gasteiger partial charge in [0, 0.05) is 22.1 Å². The van der Waals surface area contributed by atoms with Crippen molar-refractivity contribution in [1.82, 2.24) is 5.32 Å². The molecule has 0 aliphatic rings. The van der Waals surface area contributed by atoms with Gasteiger partial charge >= 0.3 is 0 Å². The Morgan fingerprint density at radius 1 is 1.26 bits per heavy atom. The van der Waals surface area contributed by atoms with Crippen LogP contribution in [0.3, 0.4) is 0 Å². The average Bonchev–Trinajstić information content (AvgIpc) is 3.03. The van der Waals surface area contributed by atoms with Gasteiger partial charge in [-0.2, -0.15) is 0 Å². The maximum absolute atomic E-state index is 12.4. The van der Waals surface area contributed by atoms with Gasteiger partial charge in [-0.25, -0.2) is 0 Å². The number of aliphatic hydroxyl groups is 1. The van der Waals surface area contributed by atoms with Crippen LogP contribution in [0.4, 0.5) is 0 Å². The third kappa shape index (κ3) is 6.01. The maximum atomic E-state index is 12.4. The molecule has 2 rings (SSSR count). The second kappa shape index (κ2) is 9.11. The van der Waals surface area contributed by atoms with Crippen molar-refractivity contribution in [2.75, 3.05) is 6.54 Å². The summed E-state index contributed by atoms with van der Waals surface area (Å²) in [5.74, 6) is 1.15. The van der Waals surface area contributed by atoms with Crippen molar-refractivity contribution in [3.05, 3.63) is 52.2 Å². The van der Waals surface area contributed by atoms with Crippen molar-refractivity contribution in [2.45, 2.75) is 37.0 Å². The van der Waals surface area contributed by atoms with Gasteiger partial charge in [-0.3, -0.25) is 4.79 Å². The monoisotopic (exact) mass is 349 g/mol. The van der Waals surface area contributed by atoms with E-state index in [2.05, 4.69) is 30.6 Å². The summed E-state index contributed by atoms with van der Waals surface area (Å²) in [6, 6.07) is 11.8. The van der Waals surface area contributed by atoms with Gasteiger partial charge in [-0.15, -0.1) is 23.1 Å². The summed E-state index contributed by atoms with van der Waals surface area (Å²) in [7, 11) is 0. The van der Waals surface area contributed by atoms with E-state index in [4.69, 9.17) is 0 Å². The summed E-state index contributed by atoms with van der Waals surface area (Å²) in [5.41, 5.74) is 0.672. The largest absolute Gasteiger partial charge is 0.391 e. The first-order valence-electron chi connectivity index (χ1n) is 7.76. The van der Waals surface area contributed by atoms with Crippen LogP contribution in [-0.2, 0) is 5.75 Å². The third-order valence-electron chi connectivity index (χ3n) is 3.32. The molecule has 1 aromatic carbocycles. The molecule has 2 aromatic rings. The van der Waals surface area contributed by atoms with Gasteiger partial charge in [-0.05, 0) is 35.9 Å². The Hall–Kier alpha value is -1.30. The highest BCUT2D eigenvalue weighted by Gasteiger charge is 2.14. The van der Waals surface area contributed by atoms with Crippen LogP contribution in [0.1, 0.15) is 35.5 Å². The van der Waals surface area contributed by atoms with E-state index in [-0.39, 0.29) is 5.91 Å². The van der Waals surface area contributed by atoms with Gasteiger partial charge in [0.05, 0.1) is 11.7 Å². The van der Waals surface area contributed by atoms with Crippen molar-refractivity contribution in [3.63, 3.8) is 0 Å². The Balaban J connectivity index is 1.94. The molecule has 1 aromatic heterocycles. The number of rotatable bonds is 8. The lowest BCUT2D eigenvalue weighted by molar-refractivity contribution is 0.0897. The van der Waals surface area contributed by atoms with E-state index < -0.39 is 6.10 Å². The van der Waals surface area contributed by atoms with Crippen LogP contribution in [-0.4, -0.2) is 23.7 Å². The molecule has 0 bridgehead atoms. The fourth-order valence-electron chi connectivity index (χ4n) is 2.26. The average molecular weight is 350 g/mol. The minimum Gasteiger partial charge on any atom is -0.391 e. The van der Waals surface area contributed by atoms with Crippen molar-refractivity contribution in [2.24, 2.45) is 5.92 Å². The second-order valence-corrected chi connectivity index (χ2v) is 7.91. The minimum absolute atomic E-state index is 0.123. The molecule has 1 amide bonds. The molecule has 0 saturated heterocycles. The highest BCUT2D eigenvalue weighted by Crippen LogP contribution is 2.27. The molecule has 1 unspecified atom stereocenters. The number of aliphatic hydroxyl groups excluding tert-OH is 1. The quantitative estimate of drug-likeness (QED) is 0.703. The standard InChI is InChI=1S/C18H23NO2S2/c1-13(2)10-14(20)11-19-18(21)16-7-3-4-8-17(16)23-12-15-6-5-9-22-15/h3-9,13-14,20H,10-12H2,1-2H3,(H,19,21). The predicted molar refractivity (Wildman–Crippen MR) is 98.1 cm³/mol. The van der Waals surface area contributed by atoms with Crippen molar-refractivity contribution >= 4 is 29.0 Å². The molecule has 5 heteroatoms. The van der Waals surface area contributed by atoms with Crippen LogP contribution in [0, 0.1) is 5.92 Å². The molecule has 0 aliphatic heterocycles. The van der Waals surface area contributed by atoms with E-state index in [9.17, 15) is 9.90 Å². The van der Waals surface area contributed by atoms with Gasteiger partial charge in [0.25, 0.3) is 5.91 Å². The van der Waals surface area contributed by atoms with E-state index in [1.165, 1.54) is 4.88 Å². The molecule has 2 N–H and O–H groups in total. The highest BCUT2D eigenvalue weighted by atomic mass is 32.2. The van der Waals surface area contributed by atoms with Crippen molar-refractivity contribution in [3.8, 4) is 0 Å². The summed E-state index contributed by atoms with van der Waals surface area (Å²) in [5, 5.41) is 14.8. The first-order chi connectivity index (χ1) is 11.1. The zero-order valence-corrected chi connectivity index (χ0v) is 15.1. The van der Waals surface area contributed by atoms with Gasteiger partial charge < -0.3 is 10.4 Å². The minimum atomic E-state index is -0.495. The number of thioether (sulfide) groups is 1. The first-order valence-corrected chi connectivity index (χ1v) is 9.63. The molecule has 23 heavy (non-hydrogen) atoms. The Kier molecular flexibility index (Phi) is 7.15. The molecule has 0 spiro atoms. The molecule has 124 valence electrons. The molecule has 1 heterocycles. The lowest BCUT2D eigenvalue weighted by atomic mass is 10.1. The topological polar surface area (TPSA) is 49.3 Å². The lowest BCUT2D eigenvalue weighted by Gasteiger charge is -2.15. The summed E-state index contributed by atoms with van der Waals surface area (Å²) in [6.45, 7) is 4.41. The number of hydrogen-bond acceptors (Lipinski definition) is 4. The number of carbonyl (C=O) groups excluding carboxylic acids is 1. The summed E-state index contributed by atoms with van der Waals surface area (Å²) < 4.78 is 0. The van der Waals surface area contributed by atoms with Crippen LogP contribution >= 0.6 is 23.1 Å². The Bertz CT molecular complexity index is 611. The zero-order chi connectivity index (χ0) is 16.7. The number of thiophene rings is 1. The zero-order valence-electron chi connectivity index (χ0n) is 13.5. The third-order valence-corrected chi connectivity index (χ3v) is 5.50. The number of nitrogens with one attached hydrogen (secondary N) is 1. The van der Waals surface area contributed by atoms with Crippen molar-refractivity contribution < 1.29 is 9.90 Å². The Labute approximate surface area is 146 Å². The molecule has 1 atom stereocenters. The number of hydrogen-bond donors (Lipinski definition) is 2. The first kappa shape index (κ1) is 18.0. The maximum Gasteiger partial charge on any atom is 0.252 e. The normalized spacial score (nSPS) is 12.3. The van der Waals surface area contributed by atoms with E-state index in [1.807, 2.05) is 30.3 Å². The Morgan fingerprint density at radius 3 is 2.74 bits per heavy atom. The molecule has 0 fully saturated rings. The van der Waals surface area contributed by atoms with Gasteiger partial charge in [-0.1, -0.05) is 32.0 Å². The molecule has 3 nitrogen and oxygen atoms in total. The van der Waals surface area contributed by atoms with E-state index in [0.29, 0.717) is 24.4 Å². The van der Waals surface area contributed by atoms with Crippen LogP contribution < -0.4 is 5.32 Å². The molecular formula is C18H23NO2S2. The summed E-state index contributed by atoms with van der Waals surface area (Å²) in [4.78, 5) is 14.6. The smallest absolute Gasteiger partial charge is 0.252 e. The second-order valence-electron chi connectivity index (χ2n) is 5.86. The number of amides is 1. The molecule has 0 radical (unpaired) electrons. The predicted octanol–water partition coefficient (Wildman–Crippen LogP) is 4.18. The van der Waals surface area contributed by atoms with Crippen molar-refractivity contribution in [1.29, 1.82) is 0 Å². The van der Waals surface area contributed by atoms with E-state index in [0.717, 1.165) is 10.6 Å². The van der Waals surface area contributed by atoms with Gasteiger partial charge in [0.2, 0.25) is 0 Å². The number of carbonyl (C=O) groups is 1. The van der Waals surface area contributed by atoms with Crippen LogP contribution in [0.2, 0.25) is 0 Å². The van der Waals surface area contributed by atoms with Gasteiger partial charge in [0.15, 0.2) is 0 Å². The Morgan fingerprint density at radius 2 is 2.04 bits per heavy atom. The number of benzene rings is 1. The molecule has 0 aliphatic carbocycles. The fraction of sp³-hybridized carbons (Fsp3) is 0.389. The lowest BCUT2D eigenvalue weighted by Crippen LogP contribution is -2.33. The summed E-state index contributed by atoms with van der Waals surface area (Å²) in [6.07, 6.45) is 0.194. The SMILES string of the molecule is CC(C)CC(O)CNC(=O)c1ccccc1SCc1cccs1. The molecular weight excluding hydrogens is 326 g/mol. The van der Waals surface area contributed by atoms with Crippen LogP contribution in [0.5, 0.6) is 0 Å². The van der Waals surface area contributed by atoms with Crippen LogP contribution in [0.15, 0.2) is 46.7 Å². The van der Waals surface area contributed by atoms with E-state index in [1.54, 1.807) is 23.1 Å². The summed E-state index contributed by atoms with van der Waals surface area (Å²) >= 11 is 3.39. The van der Waals surface area contributed by atoms with E-state index >= 15 is 0 Å². The molecule has 0 saturated carbocycles.